The molecule has 8 nitrogen and oxygen atoms in total. The topological polar surface area (TPSA) is 96.8 Å². The Hall–Kier alpha value is -3.68. The van der Waals surface area contributed by atoms with Crippen LogP contribution in [0, 0.1) is 0 Å². The first-order valence-corrected chi connectivity index (χ1v) is 8.09. The third-order valence-electron chi connectivity index (χ3n) is 3.91. The summed E-state index contributed by atoms with van der Waals surface area (Å²) in [6.45, 7) is 1.36. The monoisotopic (exact) mass is 348 g/mol. The van der Waals surface area contributed by atoms with E-state index in [0.717, 1.165) is 18.1 Å². The molecule has 0 saturated heterocycles. The van der Waals surface area contributed by atoms with Gasteiger partial charge < -0.3 is 15.0 Å². The van der Waals surface area contributed by atoms with Gasteiger partial charge in [0.15, 0.2) is 11.6 Å². The number of ketones is 1. The SMILES string of the molecule is O=C1C=CC(=Nc2c(NCCn3ccnc3)nn3ccccc23)C(O)=C1. The van der Waals surface area contributed by atoms with Gasteiger partial charge in [-0.15, -0.1) is 5.10 Å². The molecule has 0 spiro atoms. The molecule has 0 aliphatic heterocycles. The van der Waals surface area contributed by atoms with E-state index in [-0.39, 0.29) is 11.5 Å². The Balaban J connectivity index is 1.67. The molecule has 0 atom stereocenters. The van der Waals surface area contributed by atoms with Gasteiger partial charge in [0.2, 0.25) is 0 Å². The molecular weight excluding hydrogens is 332 g/mol. The first kappa shape index (κ1) is 15.8. The molecule has 1 aliphatic carbocycles. The zero-order valence-corrected chi connectivity index (χ0v) is 13.8. The molecule has 2 N–H and O–H groups in total. The zero-order chi connectivity index (χ0) is 17.9. The summed E-state index contributed by atoms with van der Waals surface area (Å²) >= 11 is 0. The molecule has 1 aliphatic rings. The van der Waals surface area contributed by atoms with Crippen LogP contribution in [0.2, 0.25) is 0 Å². The molecule has 0 amide bonds. The van der Waals surface area contributed by atoms with Crippen LogP contribution < -0.4 is 5.32 Å². The molecule has 0 bridgehead atoms. The maximum atomic E-state index is 11.3. The minimum Gasteiger partial charge on any atom is -0.506 e. The molecule has 3 aromatic rings. The quantitative estimate of drug-likeness (QED) is 0.690. The van der Waals surface area contributed by atoms with Crippen molar-refractivity contribution in [2.24, 2.45) is 4.99 Å². The Morgan fingerprint density at radius 3 is 2.96 bits per heavy atom. The van der Waals surface area contributed by atoms with E-state index in [0.29, 0.717) is 23.8 Å². The summed E-state index contributed by atoms with van der Waals surface area (Å²) in [7, 11) is 0. The van der Waals surface area contributed by atoms with Crippen LogP contribution in [-0.4, -0.2) is 42.3 Å². The maximum absolute atomic E-state index is 11.3. The zero-order valence-electron chi connectivity index (χ0n) is 13.8. The predicted molar refractivity (Wildman–Crippen MR) is 97.9 cm³/mol. The number of imidazole rings is 1. The summed E-state index contributed by atoms with van der Waals surface area (Å²) in [4.78, 5) is 19.9. The smallest absolute Gasteiger partial charge is 0.182 e. The predicted octanol–water partition coefficient (Wildman–Crippen LogP) is 2.30. The number of aromatic nitrogens is 4. The van der Waals surface area contributed by atoms with E-state index in [4.69, 9.17) is 0 Å². The van der Waals surface area contributed by atoms with Crippen molar-refractivity contribution in [3.8, 4) is 0 Å². The summed E-state index contributed by atoms with van der Waals surface area (Å²) < 4.78 is 3.68. The molecule has 0 unspecified atom stereocenters. The second-order valence-corrected chi connectivity index (χ2v) is 5.72. The molecular formula is C18H16N6O2. The minimum absolute atomic E-state index is 0.155. The molecule has 0 saturated carbocycles. The molecule has 0 fully saturated rings. The lowest BCUT2D eigenvalue weighted by atomic mass is 10.1. The lowest BCUT2D eigenvalue weighted by Gasteiger charge is -2.07. The number of pyridine rings is 1. The van der Waals surface area contributed by atoms with Gasteiger partial charge in [-0.05, 0) is 24.3 Å². The number of anilines is 1. The van der Waals surface area contributed by atoms with Crippen molar-refractivity contribution < 1.29 is 9.90 Å². The van der Waals surface area contributed by atoms with Gasteiger partial charge in [0, 0.05) is 37.8 Å². The van der Waals surface area contributed by atoms with Gasteiger partial charge in [-0.1, -0.05) is 6.07 Å². The standard InChI is InChI=1S/C18H16N6O2/c25-13-4-5-14(16(26)11-13)21-17-15-3-1-2-8-24(15)22-18(17)20-7-10-23-9-6-19-12-23/h1-6,8-9,11-12,26H,7,10H2,(H,20,22). The molecule has 130 valence electrons. The first-order chi connectivity index (χ1) is 12.7. The highest BCUT2D eigenvalue weighted by Crippen LogP contribution is 2.30. The van der Waals surface area contributed by atoms with Crippen LogP contribution in [0.25, 0.3) is 5.52 Å². The van der Waals surface area contributed by atoms with Crippen LogP contribution >= 0.6 is 0 Å². The van der Waals surface area contributed by atoms with Crippen molar-refractivity contribution in [2.75, 3.05) is 11.9 Å². The normalized spacial score (nSPS) is 15.6. The van der Waals surface area contributed by atoms with E-state index in [9.17, 15) is 9.90 Å². The number of allylic oxidation sites excluding steroid dienone is 3. The van der Waals surface area contributed by atoms with Gasteiger partial charge in [0.05, 0.1) is 11.8 Å². The molecule has 3 heterocycles. The van der Waals surface area contributed by atoms with Gasteiger partial charge in [0.25, 0.3) is 0 Å². The average molecular weight is 348 g/mol. The van der Waals surface area contributed by atoms with Crippen LogP contribution in [0.4, 0.5) is 11.5 Å². The van der Waals surface area contributed by atoms with Gasteiger partial charge in [-0.2, -0.15) is 0 Å². The van der Waals surface area contributed by atoms with E-state index in [1.165, 1.54) is 12.2 Å². The minimum atomic E-state index is -0.264. The van der Waals surface area contributed by atoms with Crippen molar-refractivity contribution >= 4 is 28.5 Å². The van der Waals surface area contributed by atoms with Crippen LogP contribution in [0.1, 0.15) is 0 Å². The number of carbonyl (C=O) groups is 1. The molecule has 26 heavy (non-hydrogen) atoms. The highest BCUT2D eigenvalue weighted by atomic mass is 16.3. The Bertz CT molecular complexity index is 1040. The molecule has 3 aromatic heterocycles. The number of nitrogens with one attached hydrogen (secondary N) is 1. The Labute approximate surface area is 148 Å². The third kappa shape index (κ3) is 3.12. The van der Waals surface area contributed by atoms with Crippen LogP contribution in [0.3, 0.4) is 0 Å². The number of fused-ring (bicyclic) bond motifs is 1. The van der Waals surface area contributed by atoms with E-state index < -0.39 is 0 Å². The molecule has 0 radical (unpaired) electrons. The summed E-state index contributed by atoms with van der Waals surface area (Å²) in [6.07, 6.45) is 11.2. The summed E-state index contributed by atoms with van der Waals surface area (Å²) in [5, 5.41) is 17.8. The van der Waals surface area contributed by atoms with Crippen molar-refractivity contribution in [3.05, 3.63) is 67.1 Å². The summed E-state index contributed by atoms with van der Waals surface area (Å²) in [5.74, 6) is 0.180. The van der Waals surface area contributed by atoms with Crippen molar-refractivity contribution in [1.82, 2.24) is 19.2 Å². The fraction of sp³-hybridized carbons (Fsp3) is 0.111. The summed E-state index contributed by atoms with van der Waals surface area (Å²) in [6, 6.07) is 5.67. The number of aliphatic hydroxyl groups is 1. The average Bonchev–Trinajstić information content (AvgIpc) is 3.26. The fourth-order valence-electron chi connectivity index (χ4n) is 2.66. The van der Waals surface area contributed by atoms with E-state index in [1.54, 1.807) is 17.0 Å². The van der Waals surface area contributed by atoms with Crippen molar-refractivity contribution in [2.45, 2.75) is 6.54 Å². The third-order valence-corrected chi connectivity index (χ3v) is 3.91. The van der Waals surface area contributed by atoms with Gasteiger partial charge in [0.1, 0.15) is 17.2 Å². The fourth-order valence-corrected chi connectivity index (χ4v) is 2.66. The van der Waals surface area contributed by atoms with Crippen LogP contribution in [-0.2, 0) is 11.3 Å². The number of rotatable bonds is 5. The number of carbonyl (C=O) groups excluding carboxylic acids is 1. The number of hydrogen-bond acceptors (Lipinski definition) is 6. The molecule has 8 heteroatoms. The van der Waals surface area contributed by atoms with E-state index >= 15 is 0 Å². The molecule has 4 rings (SSSR count). The summed E-state index contributed by atoms with van der Waals surface area (Å²) in [5.41, 5.74) is 1.72. The second kappa shape index (κ2) is 6.67. The lowest BCUT2D eigenvalue weighted by molar-refractivity contribution is -0.110. The molecule has 0 aromatic carbocycles. The van der Waals surface area contributed by atoms with Crippen LogP contribution in [0.5, 0.6) is 0 Å². The first-order valence-electron chi connectivity index (χ1n) is 8.09. The van der Waals surface area contributed by atoms with Gasteiger partial charge >= 0.3 is 0 Å². The highest BCUT2D eigenvalue weighted by Gasteiger charge is 2.15. The second-order valence-electron chi connectivity index (χ2n) is 5.72. The lowest BCUT2D eigenvalue weighted by Crippen LogP contribution is -2.10. The maximum Gasteiger partial charge on any atom is 0.182 e. The number of nitrogens with zero attached hydrogens (tertiary/aromatic N) is 5. The number of aliphatic hydroxyl groups excluding tert-OH is 1. The van der Waals surface area contributed by atoms with E-state index in [2.05, 4.69) is 20.4 Å². The van der Waals surface area contributed by atoms with Crippen LogP contribution in [0.15, 0.2) is 72.1 Å². The number of hydrogen-bond donors (Lipinski definition) is 2. The van der Waals surface area contributed by atoms with E-state index in [1.807, 2.05) is 35.2 Å². The van der Waals surface area contributed by atoms with Crippen molar-refractivity contribution in [1.29, 1.82) is 0 Å². The number of aliphatic imine (C=N–C) groups is 1. The Morgan fingerprint density at radius 2 is 2.15 bits per heavy atom. The van der Waals surface area contributed by atoms with Gasteiger partial charge in [-0.25, -0.2) is 14.5 Å². The Kier molecular flexibility index (Phi) is 4.06. The van der Waals surface area contributed by atoms with Gasteiger partial charge in [-0.3, -0.25) is 4.79 Å². The largest absolute Gasteiger partial charge is 0.506 e. The van der Waals surface area contributed by atoms with Crippen molar-refractivity contribution in [3.63, 3.8) is 0 Å². The Morgan fingerprint density at radius 1 is 1.23 bits per heavy atom. The highest BCUT2D eigenvalue weighted by molar-refractivity contribution is 6.19.